The Bertz CT molecular complexity index is 3630. The van der Waals surface area contributed by atoms with Crippen molar-refractivity contribution in [3.05, 3.63) is 174 Å². The van der Waals surface area contributed by atoms with Gasteiger partial charge in [0.2, 0.25) is 5.71 Å². The van der Waals surface area contributed by atoms with Crippen molar-refractivity contribution in [1.82, 2.24) is 19.5 Å². The van der Waals surface area contributed by atoms with Gasteiger partial charge in [-0.05, 0) is 93.2 Å². The standard InChI is InChI=1S/C41H39N2O.C20H19N2OSi.Ir/c1-25(2)33-23-29(41(5,6)7)24-34(26(3)4)38(33)43-36-19-12-11-18-35(36)42-40(43)32-17-13-16-31-30-21-20-28(22-37(30)44-39(31)32)27-14-9-8-10-15-27;1-13-8-10-16-15-6-5-7-17(19(15)23-20(16)22-13)18-11-9-14(12-21-18)24(2,3)4;/h8-16,18-26H,1-7H3;5-6,8-12H,1-4H3;/q2*-1;. The van der Waals surface area contributed by atoms with E-state index in [1.54, 1.807) is 0 Å². The smallest absolute Gasteiger partial charge is 0.216 e. The summed E-state index contributed by atoms with van der Waals surface area (Å²) in [6.07, 6.45) is 2.00. The van der Waals surface area contributed by atoms with E-state index in [1.807, 2.05) is 43.5 Å². The molecule has 1 radical (unpaired) electrons. The molecule has 69 heavy (non-hydrogen) atoms. The number of hydrogen-bond acceptors (Lipinski definition) is 5. The first-order chi connectivity index (χ1) is 32.5. The first-order valence-electron chi connectivity index (χ1n) is 23.8. The van der Waals surface area contributed by atoms with E-state index in [1.165, 1.54) is 33.1 Å². The zero-order valence-corrected chi connectivity index (χ0v) is 44.8. The predicted octanol–water partition coefficient (Wildman–Crippen LogP) is 16.3. The van der Waals surface area contributed by atoms with Gasteiger partial charge in [-0.2, -0.15) is 0 Å². The monoisotopic (exact) mass is 1100 g/mol. The van der Waals surface area contributed by atoms with E-state index >= 15 is 0 Å². The van der Waals surface area contributed by atoms with E-state index in [9.17, 15) is 0 Å². The fraction of sp³-hybridized carbons (Fsp3) is 0.230. The van der Waals surface area contributed by atoms with Gasteiger partial charge in [-0.25, -0.2) is 4.98 Å². The van der Waals surface area contributed by atoms with Crippen LogP contribution in [0.3, 0.4) is 0 Å². The maximum atomic E-state index is 6.72. The number of furan rings is 2. The van der Waals surface area contributed by atoms with Crippen molar-refractivity contribution in [2.75, 3.05) is 0 Å². The van der Waals surface area contributed by atoms with Crippen LogP contribution in [0, 0.1) is 19.1 Å². The Hall–Kier alpha value is -6.44. The number of para-hydroxylation sites is 2. The molecule has 5 heterocycles. The maximum Gasteiger partial charge on any atom is 0.216 e. The number of aromatic nitrogens is 4. The summed E-state index contributed by atoms with van der Waals surface area (Å²) in [6, 6.07) is 53.5. The first-order valence-corrected chi connectivity index (χ1v) is 27.3. The van der Waals surface area contributed by atoms with Crippen molar-refractivity contribution in [2.24, 2.45) is 0 Å². The molecule has 0 unspecified atom stereocenters. The average Bonchev–Trinajstić information content (AvgIpc) is 4.02. The Labute approximate surface area is 420 Å². The number of rotatable bonds is 7. The second-order valence-corrected chi connectivity index (χ2v) is 25.9. The predicted molar refractivity (Wildman–Crippen MR) is 286 cm³/mol. The minimum atomic E-state index is -1.35. The van der Waals surface area contributed by atoms with Crippen LogP contribution in [0.4, 0.5) is 0 Å². The van der Waals surface area contributed by atoms with E-state index in [-0.39, 0.29) is 25.5 Å². The van der Waals surface area contributed by atoms with Gasteiger partial charge in [0.15, 0.2) is 0 Å². The van der Waals surface area contributed by atoms with Gasteiger partial charge in [-0.3, -0.25) is 4.98 Å². The van der Waals surface area contributed by atoms with Crippen molar-refractivity contribution in [3.8, 4) is 39.5 Å². The molecule has 8 heteroatoms. The molecule has 0 saturated heterocycles. The third-order valence-corrected chi connectivity index (χ3v) is 15.2. The maximum absolute atomic E-state index is 6.72. The molecule has 0 N–H and O–H groups in total. The second kappa shape index (κ2) is 18.5. The summed E-state index contributed by atoms with van der Waals surface area (Å²) in [6.45, 7) is 25.0. The molecule has 0 saturated carbocycles. The van der Waals surface area contributed by atoms with Gasteiger partial charge in [-0.1, -0.05) is 169 Å². The number of aryl methyl sites for hydroxylation is 1. The Morgan fingerprint density at radius 1 is 0.623 bits per heavy atom. The summed E-state index contributed by atoms with van der Waals surface area (Å²) in [7, 11) is -1.35. The van der Waals surface area contributed by atoms with Crippen LogP contribution in [0.15, 0.2) is 148 Å². The van der Waals surface area contributed by atoms with E-state index < -0.39 is 8.07 Å². The zero-order valence-electron chi connectivity index (χ0n) is 41.4. The summed E-state index contributed by atoms with van der Waals surface area (Å²) < 4.78 is 15.1. The molecule has 0 atom stereocenters. The summed E-state index contributed by atoms with van der Waals surface area (Å²) in [5, 5.41) is 5.60. The van der Waals surface area contributed by atoms with Gasteiger partial charge in [-0.15, -0.1) is 36.4 Å². The summed E-state index contributed by atoms with van der Waals surface area (Å²) in [4.78, 5) is 14.5. The Morgan fingerprint density at radius 3 is 1.91 bits per heavy atom. The van der Waals surface area contributed by atoms with E-state index in [4.69, 9.17) is 13.8 Å². The molecule has 0 aliphatic rings. The molecule has 0 aliphatic heterocycles. The molecular weight excluding hydrogens is 1040 g/mol. The van der Waals surface area contributed by atoms with Crippen LogP contribution in [0.25, 0.3) is 94.5 Å². The molecule has 6 aromatic carbocycles. The molecule has 0 amide bonds. The zero-order chi connectivity index (χ0) is 47.6. The SMILES string of the molecule is CC(C)c1cc(C(C)(C)C)cc(C(C)C)c1-n1c(-c2[c-]ccc3c2oc2cc(-c4ccccc4)ccc23)nc2ccccc21.Cc1ccc2c(n1)oc1c(-c3ccc([Si](C)(C)C)cn3)[c-]ccc12.[Ir]. The molecule has 11 aromatic rings. The normalized spacial score (nSPS) is 12.1. The van der Waals surface area contributed by atoms with E-state index in [0.29, 0.717) is 17.5 Å². The van der Waals surface area contributed by atoms with Crippen LogP contribution in [0.2, 0.25) is 19.6 Å². The number of imidazole rings is 1. The van der Waals surface area contributed by atoms with Gasteiger partial charge < -0.3 is 18.4 Å². The van der Waals surface area contributed by atoms with Crippen molar-refractivity contribution in [1.29, 1.82) is 0 Å². The second-order valence-electron chi connectivity index (χ2n) is 20.8. The third-order valence-electron chi connectivity index (χ3n) is 13.2. The Morgan fingerprint density at radius 2 is 1.26 bits per heavy atom. The van der Waals surface area contributed by atoms with Gasteiger partial charge in [0, 0.05) is 48.5 Å². The fourth-order valence-electron chi connectivity index (χ4n) is 9.28. The molecule has 5 aromatic heterocycles. The molecule has 6 nitrogen and oxygen atoms in total. The molecule has 0 fully saturated rings. The van der Waals surface area contributed by atoms with E-state index in [2.05, 4.69) is 198 Å². The van der Waals surface area contributed by atoms with Crippen molar-refractivity contribution in [3.63, 3.8) is 0 Å². The van der Waals surface area contributed by atoms with Gasteiger partial charge in [0.25, 0.3) is 0 Å². The minimum absolute atomic E-state index is 0. The number of nitrogens with zero attached hydrogens (tertiary/aromatic N) is 4. The quantitative estimate of drug-likeness (QED) is 0.117. The number of benzene rings is 6. The molecule has 349 valence electrons. The van der Waals surface area contributed by atoms with Gasteiger partial charge in [0.05, 0.1) is 36.1 Å². The molecule has 0 spiro atoms. The van der Waals surface area contributed by atoms with Crippen LogP contribution in [0.1, 0.15) is 82.7 Å². The molecular formula is C61H58IrN4O2Si-2. The van der Waals surface area contributed by atoms with Crippen molar-refractivity contribution in [2.45, 2.75) is 92.3 Å². The number of fused-ring (bicyclic) bond motifs is 7. The summed E-state index contributed by atoms with van der Waals surface area (Å²) in [5.74, 6) is 1.49. The Balaban J connectivity index is 0.000000200. The van der Waals surface area contributed by atoms with Crippen LogP contribution < -0.4 is 5.19 Å². The summed E-state index contributed by atoms with van der Waals surface area (Å²) in [5.41, 5.74) is 16.4. The van der Waals surface area contributed by atoms with Gasteiger partial charge in [0.1, 0.15) is 5.58 Å². The van der Waals surface area contributed by atoms with Crippen LogP contribution in [-0.2, 0) is 25.5 Å². The first kappa shape index (κ1) is 47.6. The Kier molecular flexibility index (Phi) is 12.7. The largest absolute Gasteiger partial charge is 0.501 e. The number of pyridine rings is 2. The van der Waals surface area contributed by atoms with Gasteiger partial charge >= 0.3 is 0 Å². The molecule has 0 aliphatic carbocycles. The van der Waals surface area contributed by atoms with Crippen LogP contribution in [-0.4, -0.2) is 27.6 Å². The average molecular weight is 1100 g/mol. The topological polar surface area (TPSA) is 69.9 Å². The van der Waals surface area contributed by atoms with Crippen LogP contribution >= 0.6 is 0 Å². The third kappa shape index (κ3) is 8.91. The summed E-state index contributed by atoms with van der Waals surface area (Å²) >= 11 is 0. The van der Waals surface area contributed by atoms with Crippen molar-refractivity contribution < 1.29 is 28.9 Å². The number of hydrogen-bond donors (Lipinski definition) is 0. The van der Waals surface area contributed by atoms with Crippen LogP contribution in [0.5, 0.6) is 0 Å². The molecule has 11 rings (SSSR count). The van der Waals surface area contributed by atoms with E-state index in [0.717, 1.165) is 83.2 Å². The fourth-order valence-corrected chi connectivity index (χ4v) is 10.3. The van der Waals surface area contributed by atoms with Crippen molar-refractivity contribution >= 4 is 68.3 Å². The molecule has 0 bridgehead atoms. The minimum Gasteiger partial charge on any atom is -0.501 e.